The summed E-state index contributed by atoms with van der Waals surface area (Å²) in [6, 6.07) is 8.54. The molecular weight excluding hydrogens is 178 g/mol. The van der Waals surface area contributed by atoms with Crippen LogP contribution in [0.15, 0.2) is 30.3 Å². The number of benzene rings is 1. The van der Waals surface area contributed by atoms with Crippen LogP contribution in [0.1, 0.15) is 8.42 Å². The van der Waals surface area contributed by atoms with Crippen LogP contribution in [0.4, 0.5) is 0 Å². The van der Waals surface area contributed by atoms with Crippen LogP contribution in [0.25, 0.3) is 0 Å². The van der Waals surface area contributed by atoms with E-state index in [4.69, 9.17) is 10.8 Å². The van der Waals surface area contributed by atoms with E-state index in [1.54, 1.807) is 0 Å². The van der Waals surface area contributed by atoms with Crippen LogP contribution in [0, 0.1) is 0 Å². The Morgan fingerprint density at radius 2 is 2.00 bits per heavy atom. The van der Waals surface area contributed by atoms with Crippen LogP contribution in [-0.2, 0) is 11.2 Å². The van der Waals surface area contributed by atoms with Gasteiger partial charge in [-0.2, -0.15) is 0 Å². The largest absolute Gasteiger partial charge is 2.00 e. The Hall–Kier alpha value is -0.584. The minimum atomic E-state index is -0.959. The zero-order valence-corrected chi connectivity index (χ0v) is 8.73. The first kappa shape index (κ1) is 12.4. The average molecular weight is 192 g/mol. The fourth-order valence-electron chi connectivity index (χ4n) is 0.955. The molecule has 1 atom stereocenters. The van der Waals surface area contributed by atoms with Gasteiger partial charge >= 0.3 is 29.0 Å². The summed E-state index contributed by atoms with van der Waals surface area (Å²) in [6.45, 7) is 0. The number of carboxylic acids is 1. The minimum Gasteiger partial charge on any atom is -1.00 e. The molecule has 0 fully saturated rings. The third-order valence-corrected chi connectivity index (χ3v) is 1.62. The molecule has 0 aliphatic carbocycles. The van der Waals surface area contributed by atoms with Crippen molar-refractivity contribution in [3.63, 3.8) is 0 Å². The fourth-order valence-corrected chi connectivity index (χ4v) is 0.955. The predicted octanol–water partition coefficient (Wildman–Crippen LogP) is 0.485. The Morgan fingerprint density at radius 3 is 2.46 bits per heavy atom. The summed E-state index contributed by atoms with van der Waals surface area (Å²) < 4.78 is 0. The van der Waals surface area contributed by atoms with Crippen molar-refractivity contribution in [2.45, 2.75) is 12.5 Å². The molecule has 0 bridgehead atoms. The Labute approximate surface area is 96.1 Å². The molecule has 1 aromatic carbocycles. The summed E-state index contributed by atoms with van der Waals surface area (Å²) >= 11 is 0. The molecule has 68 valence electrons. The summed E-state index contributed by atoms with van der Waals surface area (Å²) in [4.78, 5) is 10.4. The van der Waals surface area contributed by atoms with Crippen molar-refractivity contribution in [3.05, 3.63) is 35.9 Å². The van der Waals surface area contributed by atoms with E-state index in [-0.39, 0.29) is 25.9 Å². The quantitative estimate of drug-likeness (QED) is 0.684. The number of carbonyl (C=O) groups is 1. The molecule has 0 radical (unpaired) electrons. The smallest absolute Gasteiger partial charge is 1.00 e. The van der Waals surface area contributed by atoms with Crippen molar-refractivity contribution in [2.24, 2.45) is 5.73 Å². The Morgan fingerprint density at radius 1 is 1.46 bits per heavy atom. The van der Waals surface area contributed by atoms with E-state index in [1.165, 1.54) is 0 Å². The monoisotopic (exact) mass is 191 g/mol. The number of carboxylic acid groups (broad SMARTS) is 1. The maximum Gasteiger partial charge on any atom is 2.00 e. The summed E-state index contributed by atoms with van der Waals surface area (Å²) in [5, 5.41) is 8.52. The zero-order chi connectivity index (χ0) is 8.97. The van der Waals surface area contributed by atoms with Crippen LogP contribution in [0.2, 0.25) is 0 Å². The summed E-state index contributed by atoms with van der Waals surface area (Å²) in [6.07, 6.45) is 0.385. The summed E-state index contributed by atoms with van der Waals surface area (Å²) in [5.74, 6) is -0.959. The van der Waals surface area contributed by atoms with Gasteiger partial charge in [-0.15, -0.1) is 0 Å². The Balaban J connectivity index is -0.000000480. The van der Waals surface area contributed by atoms with Crippen molar-refractivity contribution in [3.8, 4) is 0 Å². The topological polar surface area (TPSA) is 63.3 Å². The number of hydrogen-bond acceptors (Lipinski definition) is 2. The molecule has 1 aromatic rings. The third-order valence-electron chi connectivity index (χ3n) is 1.62. The molecule has 0 amide bonds. The second kappa shape index (κ2) is 5.96. The van der Waals surface area contributed by atoms with Gasteiger partial charge in [-0.1, -0.05) is 30.3 Å². The number of aliphatic carboxylic acids is 1. The zero-order valence-electron chi connectivity index (χ0n) is 9.31. The van der Waals surface area contributed by atoms with Gasteiger partial charge in [0.25, 0.3) is 0 Å². The van der Waals surface area contributed by atoms with Gasteiger partial charge in [0.2, 0.25) is 0 Å². The Bertz CT molecular complexity index is 272. The molecule has 13 heavy (non-hydrogen) atoms. The van der Waals surface area contributed by atoms with E-state index in [1.807, 2.05) is 30.3 Å². The second-order valence-corrected chi connectivity index (χ2v) is 2.63. The van der Waals surface area contributed by atoms with E-state index in [9.17, 15) is 4.79 Å². The van der Waals surface area contributed by atoms with Crippen LogP contribution in [0.5, 0.6) is 0 Å². The Kier molecular flexibility index (Phi) is 5.69. The molecule has 3 nitrogen and oxygen atoms in total. The molecule has 0 heterocycles. The first-order valence-electron chi connectivity index (χ1n) is 3.72. The molecule has 0 saturated heterocycles. The fraction of sp³-hybridized carbons (Fsp3) is 0.222. The van der Waals surface area contributed by atoms with Crippen molar-refractivity contribution >= 4 is 29.0 Å². The second-order valence-electron chi connectivity index (χ2n) is 2.63. The van der Waals surface area contributed by atoms with Crippen LogP contribution in [-0.4, -0.2) is 40.2 Å². The van der Waals surface area contributed by atoms with Crippen LogP contribution in [0.3, 0.4) is 0 Å². The average Bonchev–Trinajstić information content (AvgIpc) is 2.06. The summed E-state index contributed by atoms with van der Waals surface area (Å²) in [5.41, 5.74) is 6.30. The molecule has 1 unspecified atom stereocenters. The van der Waals surface area contributed by atoms with E-state index in [0.29, 0.717) is 6.42 Å². The third kappa shape index (κ3) is 4.26. The molecule has 4 heteroatoms. The van der Waals surface area contributed by atoms with Gasteiger partial charge in [0.05, 0.1) is 0 Å². The maximum absolute atomic E-state index is 10.4. The van der Waals surface area contributed by atoms with Crippen LogP contribution < -0.4 is 5.73 Å². The first-order valence-corrected chi connectivity index (χ1v) is 3.72. The minimum absolute atomic E-state index is 0. The van der Waals surface area contributed by atoms with Gasteiger partial charge < -0.3 is 13.7 Å². The van der Waals surface area contributed by atoms with Crippen molar-refractivity contribution in [2.75, 3.05) is 0 Å². The molecule has 0 saturated carbocycles. The number of rotatable bonds is 3. The van der Waals surface area contributed by atoms with Gasteiger partial charge in [0, 0.05) is 0 Å². The molecule has 0 aliphatic heterocycles. The van der Waals surface area contributed by atoms with Crippen molar-refractivity contribution in [1.29, 1.82) is 0 Å². The molecule has 0 spiro atoms. The van der Waals surface area contributed by atoms with E-state index in [2.05, 4.69) is 0 Å². The van der Waals surface area contributed by atoms with Crippen molar-refractivity contribution in [1.82, 2.24) is 0 Å². The number of nitrogens with two attached hydrogens (primary N) is 1. The van der Waals surface area contributed by atoms with Crippen molar-refractivity contribution < 1.29 is 12.8 Å². The number of hydrogen-bond donors (Lipinski definition) is 2. The van der Waals surface area contributed by atoms with Gasteiger partial charge in [0.15, 0.2) is 0 Å². The molecule has 1 rings (SSSR count). The van der Waals surface area contributed by atoms with Crippen LogP contribution >= 0.6 is 0 Å². The summed E-state index contributed by atoms with van der Waals surface area (Å²) in [7, 11) is 0. The van der Waals surface area contributed by atoms with E-state index < -0.39 is 12.0 Å². The van der Waals surface area contributed by atoms with E-state index in [0.717, 1.165) is 5.56 Å². The SMILES string of the molecule is NC(Cc1ccccc1)C(=O)O.[H-].[H-].[Mg+2]. The van der Waals surface area contributed by atoms with E-state index >= 15 is 0 Å². The van der Waals surface area contributed by atoms with Gasteiger partial charge in [-0.05, 0) is 12.0 Å². The molecule has 0 aliphatic rings. The first-order chi connectivity index (χ1) is 5.70. The van der Waals surface area contributed by atoms with Gasteiger partial charge in [-0.3, -0.25) is 4.79 Å². The predicted molar refractivity (Wildman–Crippen MR) is 53.7 cm³/mol. The van der Waals surface area contributed by atoms with Gasteiger partial charge in [-0.25, -0.2) is 0 Å². The molecule has 0 aromatic heterocycles. The maximum atomic E-state index is 10.4. The normalized spacial score (nSPS) is 11.5. The standard InChI is InChI=1S/C9H11NO2.Mg.2H/c10-8(9(11)12)6-7-4-2-1-3-5-7;;;/h1-5,8H,6,10H2,(H,11,12);;;/q;+2;2*-1. The van der Waals surface area contributed by atoms with Gasteiger partial charge in [0.1, 0.15) is 6.04 Å². The molecule has 3 N–H and O–H groups in total. The molecular formula is C9H13MgNO2.